The monoisotopic (exact) mass is 234 g/mol. The first kappa shape index (κ1) is 13.8. The first-order valence-corrected chi connectivity index (χ1v) is 5.97. The van der Waals surface area contributed by atoms with Crippen molar-refractivity contribution in [1.29, 1.82) is 0 Å². The largest absolute Gasteiger partial charge is 0.508 e. The van der Waals surface area contributed by atoms with Gasteiger partial charge in [-0.25, -0.2) is 0 Å². The molecule has 0 spiro atoms. The molecule has 0 aliphatic rings. The Morgan fingerprint density at radius 2 is 2.00 bits per heavy atom. The average molecular weight is 234 g/mol. The van der Waals surface area contributed by atoms with Crippen LogP contribution in [0.15, 0.2) is 30.9 Å². The highest BCUT2D eigenvalue weighted by Crippen LogP contribution is 2.28. The quantitative estimate of drug-likeness (QED) is 0.786. The number of phenolic OH excluding ortho intramolecular Hbond substituents is 1. The van der Waals surface area contributed by atoms with Gasteiger partial charge in [0.05, 0.1) is 6.10 Å². The van der Waals surface area contributed by atoms with Gasteiger partial charge in [0.2, 0.25) is 0 Å². The van der Waals surface area contributed by atoms with E-state index in [0.717, 1.165) is 5.56 Å². The van der Waals surface area contributed by atoms with Crippen LogP contribution < -0.4 is 0 Å². The third kappa shape index (κ3) is 3.90. The Kier molecular flexibility index (Phi) is 4.35. The Bertz CT molecular complexity index is 388. The Morgan fingerprint density at radius 1 is 1.35 bits per heavy atom. The van der Waals surface area contributed by atoms with E-state index in [1.165, 1.54) is 11.6 Å². The van der Waals surface area contributed by atoms with Crippen molar-refractivity contribution in [3.8, 4) is 5.75 Å². The number of aliphatic hydroxyl groups is 1. The molecule has 2 nitrogen and oxygen atoms in total. The number of hydrogen-bond donors (Lipinski definition) is 2. The predicted octanol–water partition coefficient (Wildman–Crippen LogP) is 3.17. The lowest BCUT2D eigenvalue weighted by Gasteiger charge is -2.20. The number of benzene rings is 1. The summed E-state index contributed by atoms with van der Waals surface area (Å²) >= 11 is 0. The van der Waals surface area contributed by atoms with Crippen molar-refractivity contribution in [3.05, 3.63) is 42.0 Å². The van der Waals surface area contributed by atoms with Crippen molar-refractivity contribution in [3.63, 3.8) is 0 Å². The first-order chi connectivity index (χ1) is 7.84. The van der Waals surface area contributed by atoms with Crippen molar-refractivity contribution in [2.24, 2.45) is 0 Å². The molecule has 1 atom stereocenters. The molecule has 1 aromatic rings. The Hall–Kier alpha value is -1.28. The van der Waals surface area contributed by atoms with Crippen molar-refractivity contribution in [2.75, 3.05) is 0 Å². The van der Waals surface area contributed by atoms with Crippen molar-refractivity contribution < 1.29 is 10.2 Å². The van der Waals surface area contributed by atoms with Crippen molar-refractivity contribution in [1.82, 2.24) is 0 Å². The predicted molar refractivity (Wildman–Crippen MR) is 71.3 cm³/mol. The van der Waals surface area contributed by atoms with Gasteiger partial charge in [0.1, 0.15) is 5.75 Å². The van der Waals surface area contributed by atoms with Crippen LogP contribution in [-0.2, 0) is 11.8 Å². The van der Waals surface area contributed by atoms with E-state index < -0.39 is 6.10 Å². The zero-order valence-corrected chi connectivity index (χ0v) is 10.9. The summed E-state index contributed by atoms with van der Waals surface area (Å²) in [6.07, 6.45) is 2.26. The Labute approximate surface area is 104 Å². The van der Waals surface area contributed by atoms with E-state index >= 15 is 0 Å². The smallest absolute Gasteiger partial charge is 0.118 e. The third-order valence-corrected chi connectivity index (χ3v) is 2.93. The topological polar surface area (TPSA) is 40.5 Å². The van der Waals surface area contributed by atoms with Crippen molar-refractivity contribution >= 4 is 0 Å². The fraction of sp³-hybridized carbons (Fsp3) is 0.467. The fourth-order valence-corrected chi connectivity index (χ4v) is 1.67. The number of hydrogen-bond acceptors (Lipinski definition) is 2. The average Bonchev–Trinajstić information content (AvgIpc) is 2.26. The molecule has 0 fully saturated rings. The second-order valence-electron chi connectivity index (χ2n) is 5.44. The van der Waals surface area contributed by atoms with Crippen LogP contribution in [0.4, 0.5) is 0 Å². The van der Waals surface area contributed by atoms with E-state index in [1.54, 1.807) is 6.07 Å². The summed E-state index contributed by atoms with van der Waals surface area (Å²) in [5.74, 6) is 0.300. The summed E-state index contributed by atoms with van der Waals surface area (Å²) in [6, 6.07) is 5.70. The van der Waals surface area contributed by atoms with Gasteiger partial charge in [-0.3, -0.25) is 0 Å². The van der Waals surface area contributed by atoms with Gasteiger partial charge in [-0.15, -0.1) is 6.58 Å². The van der Waals surface area contributed by atoms with Gasteiger partial charge in [0, 0.05) is 0 Å². The van der Waals surface area contributed by atoms with Crippen molar-refractivity contribution in [2.45, 2.75) is 45.1 Å². The molecule has 1 aromatic carbocycles. The van der Waals surface area contributed by atoms with Crippen LogP contribution >= 0.6 is 0 Å². The minimum Gasteiger partial charge on any atom is -0.508 e. The number of rotatable bonds is 4. The van der Waals surface area contributed by atoms with Gasteiger partial charge in [-0.2, -0.15) is 0 Å². The summed E-state index contributed by atoms with van der Waals surface area (Å²) in [4.78, 5) is 0. The highest BCUT2D eigenvalue weighted by molar-refractivity contribution is 5.38. The summed E-state index contributed by atoms with van der Waals surface area (Å²) < 4.78 is 0. The van der Waals surface area contributed by atoms with E-state index in [-0.39, 0.29) is 5.41 Å². The zero-order chi connectivity index (χ0) is 13.1. The molecular weight excluding hydrogens is 212 g/mol. The maximum Gasteiger partial charge on any atom is 0.118 e. The molecule has 0 amide bonds. The molecule has 17 heavy (non-hydrogen) atoms. The molecule has 1 rings (SSSR count). The van der Waals surface area contributed by atoms with Crippen LogP contribution in [0.3, 0.4) is 0 Å². The molecule has 2 N–H and O–H groups in total. The lowest BCUT2D eigenvalue weighted by Crippen LogP contribution is -2.11. The van der Waals surface area contributed by atoms with Gasteiger partial charge in [-0.05, 0) is 35.4 Å². The summed E-state index contributed by atoms with van der Waals surface area (Å²) in [5, 5.41) is 19.2. The van der Waals surface area contributed by atoms with E-state index in [0.29, 0.717) is 18.6 Å². The standard InChI is InChI=1S/C15H22O2/c1-5-13(16)8-6-11-10-12(15(2,3)4)7-9-14(11)17/h5,7,9-10,13,16-17H,1,6,8H2,2-4H3. The highest BCUT2D eigenvalue weighted by atomic mass is 16.3. The SMILES string of the molecule is C=CC(O)CCc1cc(C(C)(C)C)ccc1O. The van der Waals surface area contributed by atoms with Crippen LogP contribution in [0.25, 0.3) is 0 Å². The third-order valence-electron chi connectivity index (χ3n) is 2.93. The van der Waals surface area contributed by atoms with Gasteiger partial charge < -0.3 is 10.2 Å². The van der Waals surface area contributed by atoms with E-state index in [1.807, 2.05) is 12.1 Å². The van der Waals surface area contributed by atoms with E-state index in [4.69, 9.17) is 0 Å². The highest BCUT2D eigenvalue weighted by Gasteiger charge is 2.15. The first-order valence-electron chi connectivity index (χ1n) is 5.97. The normalized spacial score (nSPS) is 13.4. The molecule has 2 heteroatoms. The minimum absolute atomic E-state index is 0.0690. The van der Waals surface area contributed by atoms with Crippen LogP contribution in [0.2, 0.25) is 0 Å². The second kappa shape index (κ2) is 5.37. The lowest BCUT2D eigenvalue weighted by atomic mass is 9.85. The number of phenols is 1. The molecule has 0 aromatic heterocycles. The molecule has 0 saturated heterocycles. The number of aliphatic hydroxyl groups excluding tert-OH is 1. The van der Waals surface area contributed by atoms with Gasteiger partial charge in [0.25, 0.3) is 0 Å². The summed E-state index contributed by atoms with van der Waals surface area (Å²) in [6.45, 7) is 9.96. The molecule has 0 heterocycles. The maximum absolute atomic E-state index is 9.78. The molecule has 0 bridgehead atoms. The molecule has 1 unspecified atom stereocenters. The fourth-order valence-electron chi connectivity index (χ4n) is 1.67. The Balaban J connectivity index is 2.87. The summed E-state index contributed by atoms with van der Waals surface area (Å²) in [5.41, 5.74) is 2.15. The minimum atomic E-state index is -0.507. The maximum atomic E-state index is 9.78. The Morgan fingerprint density at radius 3 is 2.53 bits per heavy atom. The molecule has 0 radical (unpaired) electrons. The van der Waals surface area contributed by atoms with Crippen LogP contribution in [0.5, 0.6) is 5.75 Å². The van der Waals surface area contributed by atoms with E-state index in [2.05, 4.69) is 27.4 Å². The molecule has 94 valence electrons. The molecule has 0 aliphatic carbocycles. The van der Waals surface area contributed by atoms with E-state index in [9.17, 15) is 10.2 Å². The number of aryl methyl sites for hydroxylation is 1. The van der Waals surface area contributed by atoms with Gasteiger partial charge in [-0.1, -0.05) is 39.0 Å². The van der Waals surface area contributed by atoms with Crippen LogP contribution in [0, 0.1) is 0 Å². The number of aromatic hydroxyl groups is 1. The molecule has 0 saturated carbocycles. The molecular formula is C15H22O2. The molecule has 0 aliphatic heterocycles. The second-order valence-corrected chi connectivity index (χ2v) is 5.44. The summed E-state index contributed by atoms with van der Waals surface area (Å²) in [7, 11) is 0. The van der Waals surface area contributed by atoms with Gasteiger partial charge >= 0.3 is 0 Å². The van der Waals surface area contributed by atoms with Crippen LogP contribution in [0.1, 0.15) is 38.3 Å². The lowest BCUT2D eigenvalue weighted by molar-refractivity contribution is 0.213. The van der Waals surface area contributed by atoms with Crippen LogP contribution in [-0.4, -0.2) is 16.3 Å². The zero-order valence-electron chi connectivity index (χ0n) is 10.9. The van der Waals surface area contributed by atoms with Gasteiger partial charge in [0.15, 0.2) is 0 Å².